The standard InChI is InChI=1S/C18H18FN3O3/c1-11(23)21-14-8-6-12(7-9-14)18(25)22-16(17(20)24)10-13-4-2-3-5-15(13)19/h2-9,16H,10H2,1H3,(H2,20,24)(H,21,23)(H,22,25)/t16-/m1/s1. The number of halogens is 1. The number of anilines is 1. The van der Waals surface area contributed by atoms with E-state index >= 15 is 0 Å². The molecule has 0 unspecified atom stereocenters. The summed E-state index contributed by atoms with van der Waals surface area (Å²) in [5, 5.41) is 5.08. The van der Waals surface area contributed by atoms with E-state index in [4.69, 9.17) is 5.73 Å². The van der Waals surface area contributed by atoms with Crippen LogP contribution in [0.15, 0.2) is 48.5 Å². The number of hydrogen-bond donors (Lipinski definition) is 3. The highest BCUT2D eigenvalue weighted by molar-refractivity contribution is 5.98. The van der Waals surface area contributed by atoms with Gasteiger partial charge in [-0.1, -0.05) is 18.2 Å². The minimum Gasteiger partial charge on any atom is -0.368 e. The van der Waals surface area contributed by atoms with Crippen molar-refractivity contribution in [2.75, 3.05) is 5.32 Å². The van der Waals surface area contributed by atoms with Gasteiger partial charge in [-0.2, -0.15) is 0 Å². The van der Waals surface area contributed by atoms with Gasteiger partial charge in [0.25, 0.3) is 5.91 Å². The zero-order chi connectivity index (χ0) is 18.4. The normalized spacial score (nSPS) is 11.4. The summed E-state index contributed by atoms with van der Waals surface area (Å²) in [6.07, 6.45) is -0.0439. The Morgan fingerprint density at radius 3 is 2.28 bits per heavy atom. The van der Waals surface area contributed by atoms with Crippen LogP contribution in [0.1, 0.15) is 22.8 Å². The van der Waals surface area contributed by atoms with Crippen molar-refractivity contribution in [1.82, 2.24) is 5.32 Å². The highest BCUT2D eigenvalue weighted by atomic mass is 19.1. The number of amides is 3. The van der Waals surface area contributed by atoms with Gasteiger partial charge < -0.3 is 16.4 Å². The monoisotopic (exact) mass is 343 g/mol. The van der Waals surface area contributed by atoms with Crippen LogP contribution in [0, 0.1) is 5.82 Å². The van der Waals surface area contributed by atoms with Crippen LogP contribution in [-0.4, -0.2) is 23.8 Å². The molecule has 1 atom stereocenters. The molecule has 0 fully saturated rings. The molecule has 25 heavy (non-hydrogen) atoms. The van der Waals surface area contributed by atoms with Gasteiger partial charge in [0.2, 0.25) is 11.8 Å². The van der Waals surface area contributed by atoms with Crippen LogP contribution in [0.5, 0.6) is 0 Å². The predicted molar refractivity (Wildman–Crippen MR) is 91.3 cm³/mol. The van der Waals surface area contributed by atoms with Crippen molar-refractivity contribution in [3.8, 4) is 0 Å². The van der Waals surface area contributed by atoms with E-state index in [1.165, 1.54) is 37.3 Å². The molecule has 0 spiro atoms. The van der Waals surface area contributed by atoms with Gasteiger partial charge in [0.15, 0.2) is 0 Å². The number of carbonyl (C=O) groups excluding carboxylic acids is 3. The molecule has 2 aromatic carbocycles. The molecule has 0 aliphatic rings. The molecule has 3 amide bonds. The Bertz CT molecular complexity index is 790. The van der Waals surface area contributed by atoms with Gasteiger partial charge in [0.05, 0.1) is 0 Å². The fourth-order valence-electron chi connectivity index (χ4n) is 2.26. The topological polar surface area (TPSA) is 101 Å². The summed E-state index contributed by atoms with van der Waals surface area (Å²) in [5.41, 5.74) is 6.43. The first kappa shape index (κ1) is 18.1. The quantitative estimate of drug-likeness (QED) is 0.743. The summed E-state index contributed by atoms with van der Waals surface area (Å²) in [6.45, 7) is 1.38. The fraction of sp³-hybridized carbons (Fsp3) is 0.167. The van der Waals surface area contributed by atoms with E-state index in [9.17, 15) is 18.8 Å². The van der Waals surface area contributed by atoms with Gasteiger partial charge in [0, 0.05) is 24.6 Å². The molecule has 0 aliphatic carbocycles. The third kappa shape index (κ3) is 5.13. The van der Waals surface area contributed by atoms with E-state index < -0.39 is 23.7 Å². The zero-order valence-corrected chi connectivity index (χ0v) is 13.6. The average Bonchev–Trinajstić information content (AvgIpc) is 2.56. The SMILES string of the molecule is CC(=O)Nc1ccc(C(=O)N[C@H](Cc2ccccc2F)C(N)=O)cc1. The largest absolute Gasteiger partial charge is 0.368 e. The van der Waals surface area contributed by atoms with Gasteiger partial charge in [-0.25, -0.2) is 4.39 Å². The van der Waals surface area contributed by atoms with Crippen molar-refractivity contribution in [3.63, 3.8) is 0 Å². The molecular formula is C18H18FN3O3. The zero-order valence-electron chi connectivity index (χ0n) is 13.6. The molecule has 0 saturated heterocycles. The van der Waals surface area contributed by atoms with Gasteiger partial charge >= 0.3 is 0 Å². The van der Waals surface area contributed by atoms with Gasteiger partial charge in [-0.3, -0.25) is 14.4 Å². The van der Waals surface area contributed by atoms with Crippen LogP contribution in [-0.2, 0) is 16.0 Å². The Hall–Kier alpha value is -3.22. The highest BCUT2D eigenvalue weighted by Crippen LogP contribution is 2.12. The Morgan fingerprint density at radius 2 is 1.72 bits per heavy atom. The third-order valence-corrected chi connectivity index (χ3v) is 3.50. The number of hydrogen-bond acceptors (Lipinski definition) is 3. The molecule has 0 bridgehead atoms. The Balaban J connectivity index is 2.08. The second kappa shape index (κ2) is 8.05. The van der Waals surface area contributed by atoms with Crippen LogP contribution in [0.2, 0.25) is 0 Å². The maximum atomic E-state index is 13.7. The molecule has 0 saturated carbocycles. The predicted octanol–water partition coefficient (Wildman–Crippen LogP) is 1.61. The van der Waals surface area contributed by atoms with Crippen LogP contribution in [0.3, 0.4) is 0 Å². The molecule has 2 rings (SSSR count). The third-order valence-electron chi connectivity index (χ3n) is 3.50. The fourth-order valence-corrected chi connectivity index (χ4v) is 2.26. The molecule has 2 aromatic rings. The lowest BCUT2D eigenvalue weighted by atomic mass is 10.0. The van der Waals surface area contributed by atoms with Crippen molar-refractivity contribution in [2.45, 2.75) is 19.4 Å². The highest BCUT2D eigenvalue weighted by Gasteiger charge is 2.20. The first-order chi connectivity index (χ1) is 11.9. The molecule has 4 N–H and O–H groups in total. The molecular weight excluding hydrogens is 325 g/mol. The lowest BCUT2D eigenvalue weighted by molar-refractivity contribution is -0.119. The number of nitrogens with two attached hydrogens (primary N) is 1. The van der Waals surface area contributed by atoms with Gasteiger partial charge in [-0.05, 0) is 35.9 Å². The van der Waals surface area contributed by atoms with Crippen LogP contribution in [0.25, 0.3) is 0 Å². The second-order valence-corrected chi connectivity index (χ2v) is 5.48. The van der Waals surface area contributed by atoms with E-state index in [0.717, 1.165) is 0 Å². The maximum Gasteiger partial charge on any atom is 0.251 e. The number of nitrogens with one attached hydrogen (secondary N) is 2. The van der Waals surface area contributed by atoms with E-state index in [2.05, 4.69) is 10.6 Å². The first-order valence-corrected chi connectivity index (χ1v) is 7.58. The van der Waals surface area contributed by atoms with E-state index in [0.29, 0.717) is 5.69 Å². The Labute approximate surface area is 144 Å². The lowest BCUT2D eigenvalue weighted by Crippen LogP contribution is -2.46. The number of carbonyl (C=O) groups is 3. The minimum atomic E-state index is -1.04. The summed E-state index contributed by atoms with van der Waals surface area (Å²) in [4.78, 5) is 34.8. The molecule has 130 valence electrons. The molecule has 0 radical (unpaired) electrons. The average molecular weight is 343 g/mol. The number of rotatable bonds is 6. The molecule has 0 heterocycles. The van der Waals surface area contributed by atoms with Crippen molar-refractivity contribution in [2.24, 2.45) is 5.73 Å². The van der Waals surface area contributed by atoms with Crippen molar-refractivity contribution >= 4 is 23.4 Å². The molecule has 7 heteroatoms. The van der Waals surface area contributed by atoms with Crippen LogP contribution >= 0.6 is 0 Å². The number of primary amides is 1. The minimum absolute atomic E-state index is 0.0439. The van der Waals surface area contributed by atoms with E-state index in [1.807, 2.05) is 0 Å². The van der Waals surface area contributed by atoms with Gasteiger partial charge in [0.1, 0.15) is 11.9 Å². The molecule has 0 aliphatic heterocycles. The van der Waals surface area contributed by atoms with Crippen LogP contribution < -0.4 is 16.4 Å². The summed E-state index contributed by atoms with van der Waals surface area (Å²) >= 11 is 0. The molecule has 0 aromatic heterocycles. The van der Waals surface area contributed by atoms with Crippen LogP contribution in [0.4, 0.5) is 10.1 Å². The van der Waals surface area contributed by atoms with E-state index in [-0.39, 0.29) is 23.5 Å². The summed E-state index contributed by atoms with van der Waals surface area (Å²) in [6, 6.07) is 11.1. The second-order valence-electron chi connectivity index (χ2n) is 5.48. The smallest absolute Gasteiger partial charge is 0.251 e. The first-order valence-electron chi connectivity index (χ1n) is 7.58. The Kier molecular flexibility index (Phi) is 5.84. The van der Waals surface area contributed by atoms with Crippen molar-refractivity contribution in [3.05, 3.63) is 65.5 Å². The lowest BCUT2D eigenvalue weighted by Gasteiger charge is -2.16. The summed E-state index contributed by atoms with van der Waals surface area (Å²) in [7, 11) is 0. The van der Waals surface area contributed by atoms with E-state index in [1.54, 1.807) is 18.2 Å². The van der Waals surface area contributed by atoms with Gasteiger partial charge in [-0.15, -0.1) is 0 Å². The summed E-state index contributed by atoms with van der Waals surface area (Å²) in [5.74, 6) is -1.97. The molecule has 6 nitrogen and oxygen atoms in total. The summed E-state index contributed by atoms with van der Waals surface area (Å²) < 4.78 is 13.7. The van der Waals surface area contributed by atoms with Crippen molar-refractivity contribution < 1.29 is 18.8 Å². The van der Waals surface area contributed by atoms with Crippen molar-refractivity contribution in [1.29, 1.82) is 0 Å². The maximum absolute atomic E-state index is 13.7. The number of benzene rings is 2. The Morgan fingerprint density at radius 1 is 1.08 bits per heavy atom.